The molecule has 0 saturated carbocycles. The largest absolute Gasteiger partial charge is 0.308 e. The minimum atomic E-state index is 0.269. The van der Waals surface area contributed by atoms with E-state index in [1.54, 1.807) is 0 Å². The Labute approximate surface area is 77.8 Å². The fourth-order valence-corrected chi connectivity index (χ4v) is 2.71. The molecule has 1 aromatic heterocycles. The summed E-state index contributed by atoms with van der Waals surface area (Å²) in [5, 5.41) is 5.85. The van der Waals surface area contributed by atoms with Crippen LogP contribution in [-0.2, 0) is 5.54 Å². The molecule has 2 heteroatoms. The van der Waals surface area contributed by atoms with E-state index < -0.39 is 0 Å². The van der Waals surface area contributed by atoms with Crippen LogP contribution >= 0.6 is 11.3 Å². The zero-order chi connectivity index (χ0) is 8.60. The second kappa shape index (κ2) is 2.86. The van der Waals surface area contributed by atoms with Crippen molar-refractivity contribution in [1.29, 1.82) is 0 Å². The second-order valence-electron chi connectivity index (χ2n) is 3.81. The highest BCUT2D eigenvalue weighted by molar-refractivity contribution is 7.10. The molecule has 0 radical (unpaired) electrons. The fourth-order valence-electron chi connectivity index (χ4n) is 1.87. The van der Waals surface area contributed by atoms with Crippen LogP contribution in [-0.4, -0.2) is 6.54 Å². The first-order valence-corrected chi connectivity index (χ1v) is 5.39. The van der Waals surface area contributed by atoms with Gasteiger partial charge in [-0.15, -0.1) is 11.3 Å². The van der Waals surface area contributed by atoms with Gasteiger partial charge in [0.2, 0.25) is 0 Å². The average Bonchev–Trinajstić information content (AvgIpc) is 2.59. The summed E-state index contributed by atoms with van der Waals surface area (Å²) in [6, 6.07) is 2.31. The SMILES string of the molecule is Cc1cc(C2(C)CCCN2)cs1. The normalized spacial score (nSPS) is 29.5. The molecule has 66 valence electrons. The van der Waals surface area contributed by atoms with Crippen molar-refractivity contribution in [2.24, 2.45) is 0 Å². The molecule has 0 bridgehead atoms. The molecule has 1 aliphatic rings. The molecule has 0 spiro atoms. The third-order valence-corrected chi connectivity index (χ3v) is 3.60. The van der Waals surface area contributed by atoms with E-state index in [-0.39, 0.29) is 5.54 Å². The lowest BCUT2D eigenvalue weighted by Crippen LogP contribution is -2.32. The molecule has 1 aliphatic heterocycles. The van der Waals surface area contributed by atoms with Crippen LogP contribution < -0.4 is 5.32 Å². The minimum absolute atomic E-state index is 0.269. The standard InChI is InChI=1S/C10H15NS/c1-8-6-9(7-12-8)10(2)4-3-5-11-10/h6-7,11H,3-5H2,1-2H3. The van der Waals surface area contributed by atoms with Crippen molar-refractivity contribution < 1.29 is 0 Å². The van der Waals surface area contributed by atoms with Gasteiger partial charge in [-0.25, -0.2) is 0 Å². The van der Waals surface area contributed by atoms with Crippen molar-refractivity contribution in [2.45, 2.75) is 32.2 Å². The highest BCUT2D eigenvalue weighted by atomic mass is 32.1. The van der Waals surface area contributed by atoms with Gasteiger partial charge in [-0.2, -0.15) is 0 Å². The molecule has 1 aromatic rings. The van der Waals surface area contributed by atoms with E-state index in [9.17, 15) is 0 Å². The molecule has 2 rings (SSSR count). The van der Waals surface area contributed by atoms with Gasteiger partial charge in [-0.3, -0.25) is 0 Å². The van der Waals surface area contributed by atoms with Gasteiger partial charge in [0.25, 0.3) is 0 Å². The Hall–Kier alpha value is -0.340. The van der Waals surface area contributed by atoms with Crippen molar-refractivity contribution in [1.82, 2.24) is 5.32 Å². The summed E-state index contributed by atoms with van der Waals surface area (Å²) in [7, 11) is 0. The van der Waals surface area contributed by atoms with Gasteiger partial charge in [0.1, 0.15) is 0 Å². The number of hydrogen-bond donors (Lipinski definition) is 1. The summed E-state index contributed by atoms with van der Waals surface area (Å²) in [6.07, 6.45) is 2.59. The van der Waals surface area contributed by atoms with Gasteiger partial charge >= 0.3 is 0 Å². The van der Waals surface area contributed by atoms with E-state index in [4.69, 9.17) is 0 Å². The lowest BCUT2D eigenvalue weighted by Gasteiger charge is -2.23. The minimum Gasteiger partial charge on any atom is -0.308 e. The van der Waals surface area contributed by atoms with E-state index in [0.717, 1.165) is 0 Å². The van der Waals surface area contributed by atoms with Crippen molar-refractivity contribution in [2.75, 3.05) is 6.54 Å². The first-order chi connectivity index (χ1) is 5.71. The molecule has 0 amide bonds. The topological polar surface area (TPSA) is 12.0 Å². The van der Waals surface area contributed by atoms with Gasteiger partial charge in [0.05, 0.1) is 0 Å². The van der Waals surface area contributed by atoms with Crippen molar-refractivity contribution in [3.63, 3.8) is 0 Å². The maximum atomic E-state index is 3.57. The van der Waals surface area contributed by atoms with Crippen molar-refractivity contribution in [3.05, 3.63) is 21.9 Å². The molecule has 1 unspecified atom stereocenters. The summed E-state index contributed by atoms with van der Waals surface area (Å²) >= 11 is 1.85. The molecule has 1 N–H and O–H groups in total. The van der Waals surface area contributed by atoms with Gasteiger partial charge in [0.15, 0.2) is 0 Å². The number of hydrogen-bond acceptors (Lipinski definition) is 2. The van der Waals surface area contributed by atoms with Gasteiger partial charge in [-0.1, -0.05) is 0 Å². The molecular formula is C10H15NS. The monoisotopic (exact) mass is 181 g/mol. The summed E-state index contributed by atoms with van der Waals surface area (Å²) in [4.78, 5) is 1.42. The van der Waals surface area contributed by atoms with Crippen LogP contribution in [0.1, 0.15) is 30.2 Å². The van der Waals surface area contributed by atoms with Gasteiger partial charge < -0.3 is 5.32 Å². The highest BCUT2D eigenvalue weighted by Crippen LogP contribution is 2.32. The number of nitrogens with one attached hydrogen (secondary N) is 1. The van der Waals surface area contributed by atoms with Crippen LogP contribution in [0.4, 0.5) is 0 Å². The molecule has 12 heavy (non-hydrogen) atoms. The lowest BCUT2D eigenvalue weighted by molar-refractivity contribution is 0.436. The smallest absolute Gasteiger partial charge is 0.0414 e. The van der Waals surface area contributed by atoms with E-state index in [2.05, 4.69) is 30.6 Å². The Kier molecular flexibility index (Phi) is 1.97. The first-order valence-electron chi connectivity index (χ1n) is 4.51. The van der Waals surface area contributed by atoms with Crippen LogP contribution in [0, 0.1) is 6.92 Å². The average molecular weight is 181 g/mol. The summed E-state index contributed by atoms with van der Waals surface area (Å²) < 4.78 is 0. The summed E-state index contributed by atoms with van der Waals surface area (Å²) in [5.41, 5.74) is 1.74. The fraction of sp³-hybridized carbons (Fsp3) is 0.600. The third-order valence-electron chi connectivity index (χ3n) is 2.74. The molecule has 0 aliphatic carbocycles. The van der Waals surface area contributed by atoms with Crippen LogP contribution in [0.5, 0.6) is 0 Å². The Balaban J connectivity index is 2.28. The Morgan fingerprint density at radius 1 is 1.58 bits per heavy atom. The highest BCUT2D eigenvalue weighted by Gasteiger charge is 2.30. The van der Waals surface area contributed by atoms with Crippen molar-refractivity contribution >= 4 is 11.3 Å². The summed E-state index contributed by atoms with van der Waals surface area (Å²) in [5.74, 6) is 0. The van der Waals surface area contributed by atoms with Crippen LogP contribution in [0.3, 0.4) is 0 Å². The molecule has 1 atom stereocenters. The Bertz CT molecular complexity index is 271. The second-order valence-corrected chi connectivity index (χ2v) is 4.92. The quantitative estimate of drug-likeness (QED) is 0.702. The Morgan fingerprint density at radius 3 is 2.92 bits per heavy atom. The lowest BCUT2D eigenvalue weighted by atomic mass is 9.93. The zero-order valence-electron chi connectivity index (χ0n) is 7.68. The van der Waals surface area contributed by atoms with Crippen LogP contribution in [0.15, 0.2) is 11.4 Å². The van der Waals surface area contributed by atoms with E-state index in [1.165, 1.54) is 29.8 Å². The van der Waals surface area contributed by atoms with Gasteiger partial charge in [0, 0.05) is 10.4 Å². The van der Waals surface area contributed by atoms with Crippen LogP contribution in [0.25, 0.3) is 0 Å². The predicted octanol–water partition coefficient (Wildman–Crippen LogP) is 2.66. The first kappa shape index (κ1) is 8.27. The van der Waals surface area contributed by atoms with Crippen molar-refractivity contribution in [3.8, 4) is 0 Å². The molecular weight excluding hydrogens is 166 g/mol. The van der Waals surface area contributed by atoms with E-state index in [1.807, 2.05) is 11.3 Å². The van der Waals surface area contributed by atoms with E-state index in [0.29, 0.717) is 0 Å². The van der Waals surface area contributed by atoms with Gasteiger partial charge in [-0.05, 0) is 50.2 Å². The maximum Gasteiger partial charge on any atom is 0.0414 e. The zero-order valence-corrected chi connectivity index (χ0v) is 8.50. The van der Waals surface area contributed by atoms with E-state index >= 15 is 0 Å². The molecule has 1 saturated heterocycles. The number of thiophene rings is 1. The number of rotatable bonds is 1. The molecule has 0 aromatic carbocycles. The predicted molar refractivity (Wildman–Crippen MR) is 53.6 cm³/mol. The molecule has 2 heterocycles. The Morgan fingerprint density at radius 2 is 2.42 bits per heavy atom. The molecule has 1 nitrogen and oxygen atoms in total. The van der Waals surface area contributed by atoms with Crippen LogP contribution in [0.2, 0.25) is 0 Å². The third kappa shape index (κ3) is 1.29. The number of aryl methyl sites for hydroxylation is 1. The summed E-state index contributed by atoms with van der Waals surface area (Å²) in [6.45, 7) is 5.65. The molecule has 1 fully saturated rings. The maximum absolute atomic E-state index is 3.57.